The fraction of sp³-hybridized carbons (Fsp3) is 0.409. The van der Waals surface area contributed by atoms with Gasteiger partial charge in [-0.15, -0.1) is 0 Å². The highest BCUT2D eigenvalue weighted by molar-refractivity contribution is 6.34. The molecule has 7 nitrogen and oxygen atoms in total. The van der Waals surface area contributed by atoms with Gasteiger partial charge in [-0.05, 0) is 36.6 Å². The van der Waals surface area contributed by atoms with Gasteiger partial charge in [-0.1, -0.05) is 17.7 Å². The summed E-state index contributed by atoms with van der Waals surface area (Å²) in [6, 6.07) is 7.62. The van der Waals surface area contributed by atoms with E-state index in [9.17, 15) is 9.18 Å². The first-order chi connectivity index (χ1) is 15.3. The first-order valence-electron chi connectivity index (χ1n) is 10.2. The zero-order valence-corrected chi connectivity index (χ0v) is 19.2. The van der Waals surface area contributed by atoms with E-state index in [2.05, 4.69) is 4.90 Å². The molecule has 1 saturated heterocycles. The first-order valence-corrected chi connectivity index (χ1v) is 10.9. The number of carbonyl (C=O) groups is 1. The Morgan fingerprint density at radius 3 is 2.62 bits per heavy atom. The van der Waals surface area contributed by atoms with Gasteiger partial charge in [0.05, 0.1) is 36.0 Å². The van der Waals surface area contributed by atoms with Gasteiger partial charge in [0.25, 0.3) is 5.91 Å². The van der Waals surface area contributed by atoms with Crippen molar-refractivity contribution < 1.29 is 23.8 Å². The number of hydrogen-bond acceptors (Lipinski definition) is 6. The van der Waals surface area contributed by atoms with Crippen LogP contribution >= 0.6 is 23.4 Å². The number of benzene rings is 2. The number of nitrogens with zero attached hydrogens (tertiary/aromatic N) is 2. The monoisotopic (exact) mass is 485 g/mol. The van der Waals surface area contributed by atoms with E-state index in [0.717, 1.165) is 5.56 Å². The van der Waals surface area contributed by atoms with Crippen LogP contribution in [0.5, 0.6) is 11.5 Å². The maximum Gasteiger partial charge on any atom is 0.272 e. The summed E-state index contributed by atoms with van der Waals surface area (Å²) in [6.45, 7) is 1.79. The van der Waals surface area contributed by atoms with Gasteiger partial charge in [0.1, 0.15) is 12.4 Å². The number of nitrogen functional groups attached to an aromatic ring is 1. The summed E-state index contributed by atoms with van der Waals surface area (Å²) in [5, 5.41) is 9.25. The number of carbonyl (C=O) groups excluding carboxylic acids is 1. The second kappa shape index (κ2) is 11.0. The Kier molecular flexibility index (Phi) is 8.42. The molecule has 1 fully saturated rings. The third-order valence-electron chi connectivity index (χ3n) is 5.37. The number of piperidine rings is 1. The Balaban J connectivity index is 1.62. The minimum atomic E-state index is -0.447. The van der Waals surface area contributed by atoms with Crippen molar-refractivity contribution in [2.75, 3.05) is 39.1 Å². The third kappa shape index (κ3) is 5.75. The van der Waals surface area contributed by atoms with E-state index in [1.54, 1.807) is 6.07 Å². The number of rotatable bonds is 8. The minimum Gasteiger partial charge on any atom is -0.494 e. The number of aliphatic hydroxyl groups is 1. The Morgan fingerprint density at radius 1 is 1.28 bits per heavy atom. The zero-order valence-electron chi connectivity index (χ0n) is 17.7. The molecule has 1 amide bonds. The van der Waals surface area contributed by atoms with Crippen molar-refractivity contribution in [1.29, 1.82) is 0 Å². The molecule has 2 aromatic rings. The number of nitrogens with two attached hydrogens (primary N) is 1. The Morgan fingerprint density at radius 2 is 2.00 bits per heavy atom. The lowest BCUT2D eigenvalue weighted by molar-refractivity contribution is 0.0753. The van der Waals surface area contributed by atoms with Crippen LogP contribution in [0.3, 0.4) is 0 Å². The number of halogens is 3. The molecule has 0 radical (unpaired) electrons. The normalized spacial score (nSPS) is 14.9. The van der Waals surface area contributed by atoms with Crippen molar-refractivity contribution in [3.8, 4) is 11.5 Å². The fourth-order valence-electron chi connectivity index (χ4n) is 3.66. The zero-order chi connectivity index (χ0) is 23.3. The van der Waals surface area contributed by atoms with Crippen molar-refractivity contribution in [3.63, 3.8) is 0 Å². The molecule has 0 aliphatic carbocycles. The van der Waals surface area contributed by atoms with E-state index in [1.165, 1.54) is 29.7 Å². The molecular formula is C22H26Cl2FN3O4. The average molecular weight is 486 g/mol. The van der Waals surface area contributed by atoms with Crippen LogP contribution in [0.2, 0.25) is 5.02 Å². The number of ether oxygens (including phenoxy) is 2. The molecule has 0 unspecified atom stereocenters. The molecule has 2 aromatic carbocycles. The lowest BCUT2D eigenvalue weighted by Crippen LogP contribution is -2.43. The molecule has 1 heterocycles. The number of likely N-dealkylation sites (tertiary alicyclic amines) is 1. The van der Waals surface area contributed by atoms with Crippen LogP contribution in [-0.2, 0) is 6.54 Å². The first kappa shape index (κ1) is 24.4. The molecule has 1 aliphatic rings. The number of aliphatic hydroxyl groups excluding tert-OH is 1. The van der Waals surface area contributed by atoms with Gasteiger partial charge in [-0.2, -0.15) is 0 Å². The maximum absolute atomic E-state index is 13.9. The average Bonchev–Trinajstić information content (AvgIpc) is 2.79. The van der Waals surface area contributed by atoms with Gasteiger partial charge < -0.3 is 20.3 Å². The Hall–Kier alpha value is -2.26. The van der Waals surface area contributed by atoms with Crippen molar-refractivity contribution in [3.05, 3.63) is 52.3 Å². The van der Waals surface area contributed by atoms with Crippen LogP contribution in [0, 0.1) is 5.82 Å². The molecule has 0 spiro atoms. The molecule has 0 aromatic heterocycles. The molecule has 3 N–H and O–H groups in total. The summed E-state index contributed by atoms with van der Waals surface area (Å²) in [7, 11) is 1.43. The number of methoxy groups -OCH3 is 1. The summed E-state index contributed by atoms with van der Waals surface area (Å²) in [6.07, 6.45) is 1.31. The van der Waals surface area contributed by atoms with Crippen LogP contribution < -0.4 is 15.2 Å². The van der Waals surface area contributed by atoms with Crippen LogP contribution in [-0.4, -0.2) is 59.8 Å². The predicted molar refractivity (Wildman–Crippen MR) is 122 cm³/mol. The van der Waals surface area contributed by atoms with Gasteiger partial charge in [0.2, 0.25) is 0 Å². The second-order valence-electron chi connectivity index (χ2n) is 7.53. The molecule has 0 saturated carbocycles. The summed E-state index contributed by atoms with van der Waals surface area (Å²) in [5.74, 6) is -0.402. The summed E-state index contributed by atoms with van der Waals surface area (Å²) < 4.78 is 25.5. The van der Waals surface area contributed by atoms with Gasteiger partial charge in [0, 0.05) is 37.5 Å². The summed E-state index contributed by atoms with van der Waals surface area (Å²) >= 11 is 12.5. The van der Waals surface area contributed by atoms with Crippen molar-refractivity contribution >= 4 is 35.0 Å². The van der Waals surface area contributed by atoms with Crippen LogP contribution in [0.25, 0.3) is 0 Å². The summed E-state index contributed by atoms with van der Waals surface area (Å²) in [5.41, 5.74) is 7.11. The van der Waals surface area contributed by atoms with Gasteiger partial charge in [0.15, 0.2) is 11.6 Å². The molecule has 0 atom stereocenters. The van der Waals surface area contributed by atoms with E-state index >= 15 is 0 Å². The van der Waals surface area contributed by atoms with E-state index < -0.39 is 11.7 Å². The van der Waals surface area contributed by atoms with Gasteiger partial charge in [-0.25, -0.2) is 8.81 Å². The highest BCUT2D eigenvalue weighted by Crippen LogP contribution is 2.32. The minimum absolute atomic E-state index is 0.00792. The SMILES string of the molecule is COc1ccc(CN2CCC(N(Cl)C(=O)c3cc(Cl)c(N)cc3OCCO)CC2)cc1F. The summed E-state index contributed by atoms with van der Waals surface area (Å²) in [4.78, 5) is 15.2. The highest BCUT2D eigenvalue weighted by atomic mass is 35.5. The molecule has 0 bridgehead atoms. The topological polar surface area (TPSA) is 88.3 Å². The molecule has 10 heteroatoms. The van der Waals surface area contributed by atoms with E-state index in [4.69, 9.17) is 43.7 Å². The van der Waals surface area contributed by atoms with E-state index in [0.29, 0.717) is 32.5 Å². The number of hydrogen-bond donors (Lipinski definition) is 2. The highest BCUT2D eigenvalue weighted by Gasteiger charge is 2.30. The van der Waals surface area contributed by atoms with Crippen molar-refractivity contribution in [1.82, 2.24) is 9.32 Å². The quantitative estimate of drug-likeness (QED) is 0.437. The maximum atomic E-state index is 13.9. The van der Waals surface area contributed by atoms with Crippen LogP contribution in [0.4, 0.5) is 10.1 Å². The number of amides is 1. The smallest absolute Gasteiger partial charge is 0.272 e. The second-order valence-corrected chi connectivity index (χ2v) is 8.31. The standard InChI is InChI=1S/C22H26Cl2FN3O4/c1-31-20-3-2-14(10-18(20)25)13-27-6-4-15(5-7-27)28(24)22(30)16-11-17(23)19(26)12-21(16)32-9-8-29/h2-3,10-12,15,29H,4-9,13,26H2,1H3. The molecule has 174 valence electrons. The van der Waals surface area contributed by atoms with Crippen molar-refractivity contribution in [2.45, 2.75) is 25.4 Å². The third-order valence-corrected chi connectivity index (χ3v) is 6.13. The van der Waals surface area contributed by atoms with E-state index in [1.807, 2.05) is 6.07 Å². The lowest BCUT2D eigenvalue weighted by atomic mass is 10.0. The Bertz CT molecular complexity index is 955. The fourth-order valence-corrected chi connectivity index (χ4v) is 4.11. The van der Waals surface area contributed by atoms with Crippen molar-refractivity contribution in [2.24, 2.45) is 0 Å². The molecule has 1 aliphatic heterocycles. The van der Waals surface area contributed by atoms with Crippen LogP contribution in [0.15, 0.2) is 30.3 Å². The Labute approximate surface area is 196 Å². The van der Waals surface area contributed by atoms with Crippen LogP contribution in [0.1, 0.15) is 28.8 Å². The van der Waals surface area contributed by atoms with E-state index in [-0.39, 0.29) is 47.0 Å². The van der Waals surface area contributed by atoms with Gasteiger partial charge in [-0.3, -0.25) is 9.69 Å². The molecule has 3 rings (SSSR count). The predicted octanol–water partition coefficient (Wildman–Crippen LogP) is 3.70. The largest absolute Gasteiger partial charge is 0.494 e. The molecule has 32 heavy (non-hydrogen) atoms. The molecular weight excluding hydrogens is 460 g/mol. The van der Waals surface area contributed by atoms with Gasteiger partial charge >= 0.3 is 0 Å². The number of anilines is 1. The lowest BCUT2D eigenvalue weighted by Gasteiger charge is -2.35.